The summed E-state index contributed by atoms with van der Waals surface area (Å²) in [5.74, 6) is -1.70. The van der Waals surface area contributed by atoms with E-state index in [-0.39, 0.29) is 59.9 Å². The molecule has 2 aromatic rings. The summed E-state index contributed by atoms with van der Waals surface area (Å²) in [6.07, 6.45) is 4.89. The summed E-state index contributed by atoms with van der Waals surface area (Å²) in [7, 11) is -3.53. The van der Waals surface area contributed by atoms with Gasteiger partial charge in [-0.05, 0) is 56.0 Å². The van der Waals surface area contributed by atoms with Crippen molar-refractivity contribution in [3.63, 3.8) is 0 Å². The first-order chi connectivity index (χ1) is 16.2. The molecule has 0 aromatic heterocycles. The summed E-state index contributed by atoms with van der Waals surface area (Å²) in [4.78, 5) is 16.4. The van der Waals surface area contributed by atoms with E-state index in [1.165, 1.54) is 28.0 Å². The predicted octanol–water partition coefficient (Wildman–Crippen LogP) is 3.52. The molecular weight excluding hydrogens is 464 g/mol. The Labute approximate surface area is 197 Å². The molecule has 0 radical (unpaired) electrons. The quantitative estimate of drug-likeness (QED) is 0.638. The minimum absolute atomic E-state index is 0.0187. The van der Waals surface area contributed by atoms with Crippen molar-refractivity contribution < 1.29 is 26.7 Å². The first kappa shape index (κ1) is 24.0. The number of piperazine rings is 1. The van der Waals surface area contributed by atoms with Gasteiger partial charge < -0.3 is 14.5 Å². The van der Waals surface area contributed by atoms with Crippen LogP contribution in [0.15, 0.2) is 35.2 Å². The molecule has 34 heavy (non-hydrogen) atoms. The number of carbonyl (C=O) groups is 1. The summed E-state index contributed by atoms with van der Waals surface area (Å²) in [5, 5.41) is 8.88. The van der Waals surface area contributed by atoms with Crippen molar-refractivity contribution in [1.29, 1.82) is 5.26 Å². The Bertz CT molecular complexity index is 1220. The van der Waals surface area contributed by atoms with Gasteiger partial charge in [-0.25, -0.2) is 17.2 Å². The maximum atomic E-state index is 14.4. The molecule has 4 rings (SSSR count). The van der Waals surface area contributed by atoms with Crippen LogP contribution < -0.4 is 9.64 Å². The Morgan fingerprint density at radius 3 is 2.24 bits per heavy atom. The zero-order chi connectivity index (χ0) is 24.5. The first-order valence-corrected chi connectivity index (χ1v) is 13.0. The Morgan fingerprint density at radius 2 is 1.68 bits per heavy atom. The van der Waals surface area contributed by atoms with Crippen LogP contribution in [-0.2, 0) is 9.84 Å². The fourth-order valence-electron chi connectivity index (χ4n) is 4.43. The minimum Gasteiger partial charge on any atom is -0.490 e. The monoisotopic (exact) mass is 489 g/mol. The van der Waals surface area contributed by atoms with Gasteiger partial charge in [0.2, 0.25) is 0 Å². The van der Waals surface area contributed by atoms with Crippen molar-refractivity contribution in [2.75, 3.05) is 37.3 Å². The number of ether oxygens (including phenoxy) is 1. The molecule has 10 heteroatoms. The molecule has 0 atom stereocenters. The number of anilines is 1. The van der Waals surface area contributed by atoms with Crippen molar-refractivity contribution in [2.24, 2.45) is 0 Å². The van der Waals surface area contributed by atoms with E-state index in [4.69, 9.17) is 10.00 Å². The van der Waals surface area contributed by atoms with Crippen molar-refractivity contribution in [3.8, 4) is 11.8 Å². The van der Waals surface area contributed by atoms with Gasteiger partial charge in [-0.1, -0.05) is 0 Å². The fraction of sp³-hybridized carbons (Fsp3) is 0.417. The molecule has 7 nitrogen and oxygen atoms in total. The van der Waals surface area contributed by atoms with Crippen LogP contribution in [0.4, 0.5) is 14.5 Å². The number of halogens is 2. The third kappa shape index (κ3) is 4.99. The molecule has 1 amide bonds. The zero-order valence-corrected chi connectivity index (χ0v) is 19.6. The largest absolute Gasteiger partial charge is 0.490 e. The van der Waals surface area contributed by atoms with Crippen LogP contribution in [0.5, 0.6) is 5.75 Å². The summed E-state index contributed by atoms with van der Waals surface area (Å²) in [6.45, 7) is 0.722. The average Bonchev–Trinajstić information content (AvgIpc) is 3.31. The van der Waals surface area contributed by atoms with E-state index >= 15 is 0 Å². The van der Waals surface area contributed by atoms with Gasteiger partial charge in [0.25, 0.3) is 5.91 Å². The van der Waals surface area contributed by atoms with E-state index < -0.39 is 21.5 Å². The van der Waals surface area contributed by atoms with Gasteiger partial charge in [0.15, 0.2) is 21.5 Å². The second-order valence-electron chi connectivity index (χ2n) is 8.63. The molecular formula is C24H25F2N3O4S. The Hall–Kier alpha value is -3.19. The molecule has 180 valence electrons. The van der Waals surface area contributed by atoms with Gasteiger partial charge in [-0.2, -0.15) is 5.26 Å². The number of amides is 1. The number of nitriles is 1. The highest BCUT2D eigenvalue weighted by atomic mass is 32.2. The Balaban J connectivity index is 1.55. The smallest absolute Gasteiger partial charge is 0.257 e. The molecule has 1 aliphatic carbocycles. The molecule has 0 spiro atoms. The molecule has 0 bridgehead atoms. The van der Waals surface area contributed by atoms with Crippen molar-refractivity contribution in [1.82, 2.24) is 4.90 Å². The van der Waals surface area contributed by atoms with Crippen LogP contribution in [0, 0.1) is 23.0 Å². The highest BCUT2D eigenvalue weighted by Gasteiger charge is 2.29. The van der Waals surface area contributed by atoms with Crippen molar-refractivity contribution in [2.45, 2.75) is 36.7 Å². The highest BCUT2D eigenvalue weighted by Crippen LogP contribution is 2.31. The number of hydrogen-bond acceptors (Lipinski definition) is 6. The van der Waals surface area contributed by atoms with Crippen LogP contribution >= 0.6 is 0 Å². The van der Waals surface area contributed by atoms with Crippen LogP contribution in [0.2, 0.25) is 0 Å². The van der Waals surface area contributed by atoms with Crippen molar-refractivity contribution >= 4 is 21.4 Å². The molecule has 2 aromatic carbocycles. The molecule has 0 unspecified atom stereocenters. The van der Waals surface area contributed by atoms with E-state index in [1.54, 1.807) is 6.07 Å². The predicted molar refractivity (Wildman–Crippen MR) is 122 cm³/mol. The van der Waals surface area contributed by atoms with Crippen molar-refractivity contribution in [3.05, 3.63) is 53.1 Å². The lowest BCUT2D eigenvalue weighted by Gasteiger charge is -2.36. The van der Waals surface area contributed by atoms with Gasteiger partial charge in [0.05, 0.1) is 28.2 Å². The Morgan fingerprint density at radius 1 is 1.06 bits per heavy atom. The summed E-state index contributed by atoms with van der Waals surface area (Å²) >= 11 is 0. The van der Waals surface area contributed by atoms with E-state index in [2.05, 4.69) is 0 Å². The normalized spacial score (nSPS) is 17.0. The number of rotatable bonds is 5. The molecule has 0 N–H and O–H groups in total. The first-order valence-electron chi connectivity index (χ1n) is 11.1. The fourth-order valence-corrected chi connectivity index (χ4v) is 5.08. The SMILES string of the molecule is CS(=O)(=O)c1ccc(OC2CCCC2)c(C(=O)N2CCN(c3c(F)cc(C#N)cc3F)CC2)c1. The minimum atomic E-state index is -3.53. The van der Waals surface area contributed by atoms with E-state index in [0.717, 1.165) is 44.1 Å². The lowest BCUT2D eigenvalue weighted by atomic mass is 10.1. The zero-order valence-electron chi connectivity index (χ0n) is 18.8. The molecule has 1 saturated carbocycles. The molecule has 1 saturated heterocycles. The number of benzene rings is 2. The second kappa shape index (κ2) is 9.58. The van der Waals surface area contributed by atoms with E-state index in [1.807, 2.05) is 0 Å². The summed E-state index contributed by atoms with van der Waals surface area (Å²) < 4.78 is 59.1. The van der Waals surface area contributed by atoms with Gasteiger partial charge >= 0.3 is 0 Å². The van der Waals surface area contributed by atoms with Crippen LogP contribution in [0.25, 0.3) is 0 Å². The third-order valence-electron chi connectivity index (χ3n) is 6.23. The van der Waals surface area contributed by atoms with Gasteiger partial charge in [-0.15, -0.1) is 0 Å². The maximum Gasteiger partial charge on any atom is 0.257 e. The van der Waals surface area contributed by atoms with E-state index in [0.29, 0.717) is 5.75 Å². The Kier molecular flexibility index (Phi) is 6.75. The summed E-state index contributed by atoms with van der Waals surface area (Å²) in [5.41, 5.74) is -0.164. The highest BCUT2D eigenvalue weighted by molar-refractivity contribution is 7.90. The topological polar surface area (TPSA) is 90.7 Å². The third-order valence-corrected chi connectivity index (χ3v) is 7.34. The van der Waals surface area contributed by atoms with Gasteiger partial charge in [-0.3, -0.25) is 4.79 Å². The summed E-state index contributed by atoms with van der Waals surface area (Å²) in [6, 6.07) is 7.99. The standard InChI is InChI=1S/C24H25F2N3O4S/c1-34(31,32)18-6-7-22(33-17-4-2-3-5-17)19(14-18)24(30)29-10-8-28(9-11-29)23-20(25)12-16(15-27)13-21(23)26/h6-7,12-14,17H,2-5,8-11H2,1H3. The van der Waals surface area contributed by atoms with Crippen LogP contribution in [-0.4, -0.2) is 57.8 Å². The molecule has 2 aliphatic rings. The van der Waals surface area contributed by atoms with Crippen LogP contribution in [0.1, 0.15) is 41.6 Å². The molecule has 2 fully saturated rings. The molecule has 1 heterocycles. The lowest BCUT2D eigenvalue weighted by molar-refractivity contribution is 0.0738. The number of hydrogen-bond donors (Lipinski definition) is 0. The maximum absolute atomic E-state index is 14.4. The second-order valence-corrected chi connectivity index (χ2v) is 10.6. The average molecular weight is 490 g/mol. The lowest BCUT2D eigenvalue weighted by Crippen LogP contribution is -2.49. The molecule has 1 aliphatic heterocycles. The number of sulfone groups is 1. The number of carbonyl (C=O) groups excluding carboxylic acids is 1. The van der Waals surface area contributed by atoms with Gasteiger partial charge in [0.1, 0.15) is 11.4 Å². The van der Waals surface area contributed by atoms with Gasteiger partial charge in [0, 0.05) is 32.4 Å². The van der Waals surface area contributed by atoms with Crippen LogP contribution in [0.3, 0.4) is 0 Å². The van der Waals surface area contributed by atoms with E-state index in [9.17, 15) is 22.0 Å². The number of nitrogens with zero attached hydrogens (tertiary/aromatic N) is 3.